The highest BCUT2D eigenvalue weighted by molar-refractivity contribution is 5.43. The predicted octanol–water partition coefficient (Wildman–Crippen LogP) is 3.42. The van der Waals surface area contributed by atoms with Gasteiger partial charge in [-0.05, 0) is 18.1 Å². The van der Waals surface area contributed by atoms with Crippen LogP contribution in [0.3, 0.4) is 0 Å². The molecule has 0 aliphatic heterocycles. The lowest BCUT2D eigenvalue weighted by atomic mass is 10.0. The highest BCUT2D eigenvalue weighted by atomic mass is 19.1. The lowest BCUT2D eigenvalue weighted by molar-refractivity contribution is 0.605. The summed E-state index contributed by atoms with van der Waals surface area (Å²) in [6, 6.07) is 4.00. The van der Waals surface area contributed by atoms with Crippen LogP contribution in [0.15, 0.2) is 30.7 Å². The molecule has 0 spiro atoms. The van der Waals surface area contributed by atoms with Gasteiger partial charge < -0.3 is 10.2 Å². The standard InChI is InChI=1S/C16H22FN5/c1-4-5-8-14(12-7-6-9-18-10-12)20-16-19-11-13(17)15(21-16)22(2)3/h6-7,9-11,14H,4-5,8H2,1-3H3,(H,19,20,21)/t14-/m0/s1. The Morgan fingerprint density at radius 1 is 1.32 bits per heavy atom. The van der Waals surface area contributed by atoms with E-state index in [-0.39, 0.29) is 11.9 Å². The van der Waals surface area contributed by atoms with Gasteiger partial charge in [0.2, 0.25) is 5.95 Å². The fourth-order valence-corrected chi connectivity index (χ4v) is 2.21. The van der Waals surface area contributed by atoms with E-state index in [0.717, 1.165) is 24.8 Å². The van der Waals surface area contributed by atoms with E-state index in [2.05, 4.69) is 27.2 Å². The number of nitrogens with zero attached hydrogens (tertiary/aromatic N) is 4. The fraction of sp³-hybridized carbons (Fsp3) is 0.438. The highest BCUT2D eigenvalue weighted by Crippen LogP contribution is 2.23. The second-order valence-corrected chi connectivity index (χ2v) is 5.39. The van der Waals surface area contributed by atoms with E-state index in [0.29, 0.717) is 5.95 Å². The van der Waals surface area contributed by atoms with Crippen molar-refractivity contribution in [3.8, 4) is 0 Å². The Balaban J connectivity index is 2.21. The zero-order valence-corrected chi connectivity index (χ0v) is 13.3. The third-order valence-corrected chi connectivity index (χ3v) is 3.39. The van der Waals surface area contributed by atoms with Gasteiger partial charge in [0, 0.05) is 26.5 Å². The third kappa shape index (κ3) is 4.13. The molecule has 0 fully saturated rings. The number of halogens is 1. The average Bonchev–Trinajstić information content (AvgIpc) is 2.53. The molecule has 0 saturated carbocycles. The van der Waals surface area contributed by atoms with Crippen LogP contribution in [0.5, 0.6) is 0 Å². The van der Waals surface area contributed by atoms with Crippen molar-refractivity contribution in [3.63, 3.8) is 0 Å². The van der Waals surface area contributed by atoms with Crippen molar-refractivity contribution in [2.75, 3.05) is 24.3 Å². The van der Waals surface area contributed by atoms with Gasteiger partial charge >= 0.3 is 0 Å². The summed E-state index contributed by atoms with van der Waals surface area (Å²) in [6.45, 7) is 2.15. The molecular weight excluding hydrogens is 281 g/mol. The van der Waals surface area contributed by atoms with E-state index in [9.17, 15) is 4.39 Å². The van der Waals surface area contributed by atoms with Crippen LogP contribution in [0.1, 0.15) is 37.8 Å². The average molecular weight is 303 g/mol. The molecule has 0 bridgehead atoms. The van der Waals surface area contributed by atoms with Gasteiger partial charge in [-0.25, -0.2) is 9.37 Å². The molecule has 1 N–H and O–H groups in total. The number of rotatable bonds is 7. The zero-order valence-electron chi connectivity index (χ0n) is 13.3. The minimum atomic E-state index is -0.429. The van der Waals surface area contributed by atoms with E-state index >= 15 is 0 Å². The van der Waals surface area contributed by atoms with Crippen molar-refractivity contribution in [2.24, 2.45) is 0 Å². The van der Waals surface area contributed by atoms with Crippen molar-refractivity contribution < 1.29 is 4.39 Å². The first-order valence-electron chi connectivity index (χ1n) is 7.48. The highest BCUT2D eigenvalue weighted by Gasteiger charge is 2.15. The largest absolute Gasteiger partial charge is 0.360 e. The summed E-state index contributed by atoms with van der Waals surface area (Å²) in [4.78, 5) is 14.1. The molecule has 22 heavy (non-hydrogen) atoms. The van der Waals surface area contributed by atoms with E-state index in [1.165, 1.54) is 6.20 Å². The molecule has 0 aliphatic rings. The summed E-state index contributed by atoms with van der Waals surface area (Å²) in [7, 11) is 3.51. The molecule has 2 aromatic heterocycles. The van der Waals surface area contributed by atoms with Crippen LogP contribution in [-0.4, -0.2) is 29.0 Å². The molecule has 0 aromatic carbocycles. The Bertz CT molecular complexity index is 588. The molecule has 0 amide bonds. The third-order valence-electron chi connectivity index (χ3n) is 3.39. The second-order valence-electron chi connectivity index (χ2n) is 5.39. The molecule has 0 aliphatic carbocycles. The summed E-state index contributed by atoms with van der Waals surface area (Å²) >= 11 is 0. The van der Waals surface area contributed by atoms with Crippen LogP contribution >= 0.6 is 0 Å². The molecule has 118 valence electrons. The van der Waals surface area contributed by atoms with Gasteiger partial charge in [0.1, 0.15) is 0 Å². The summed E-state index contributed by atoms with van der Waals surface area (Å²) in [5.74, 6) is 0.273. The quantitative estimate of drug-likeness (QED) is 0.849. The number of hydrogen-bond donors (Lipinski definition) is 1. The van der Waals surface area contributed by atoms with Gasteiger partial charge in [-0.1, -0.05) is 25.8 Å². The van der Waals surface area contributed by atoms with Crippen LogP contribution in [0, 0.1) is 5.82 Å². The van der Waals surface area contributed by atoms with Gasteiger partial charge in [-0.15, -0.1) is 0 Å². The normalized spacial score (nSPS) is 12.0. The molecule has 2 rings (SSSR count). The molecule has 2 heterocycles. The Morgan fingerprint density at radius 3 is 2.77 bits per heavy atom. The topological polar surface area (TPSA) is 53.9 Å². The summed E-state index contributed by atoms with van der Waals surface area (Å²) in [6.07, 6.45) is 7.91. The minimum absolute atomic E-state index is 0.0640. The lowest BCUT2D eigenvalue weighted by Gasteiger charge is -2.20. The van der Waals surface area contributed by atoms with Crippen LogP contribution in [0.25, 0.3) is 0 Å². The van der Waals surface area contributed by atoms with Gasteiger partial charge in [0.05, 0.1) is 12.2 Å². The van der Waals surface area contributed by atoms with Crippen molar-refractivity contribution in [2.45, 2.75) is 32.2 Å². The number of nitrogens with one attached hydrogen (secondary N) is 1. The molecule has 0 saturated heterocycles. The van der Waals surface area contributed by atoms with Gasteiger partial charge in [-0.3, -0.25) is 4.98 Å². The number of hydrogen-bond acceptors (Lipinski definition) is 5. The van der Waals surface area contributed by atoms with Crippen molar-refractivity contribution in [1.82, 2.24) is 15.0 Å². The molecule has 0 unspecified atom stereocenters. The Kier molecular flexibility index (Phi) is 5.63. The molecular formula is C16H22FN5. The molecule has 1 atom stereocenters. The molecule has 0 radical (unpaired) electrons. The summed E-state index contributed by atoms with van der Waals surface area (Å²) < 4.78 is 13.7. The van der Waals surface area contributed by atoms with Crippen LogP contribution < -0.4 is 10.2 Å². The SMILES string of the molecule is CCCC[C@H](Nc1ncc(F)c(N(C)C)n1)c1cccnc1. The van der Waals surface area contributed by atoms with E-state index < -0.39 is 5.82 Å². The van der Waals surface area contributed by atoms with Crippen LogP contribution in [0.2, 0.25) is 0 Å². The fourth-order valence-electron chi connectivity index (χ4n) is 2.21. The summed E-state index contributed by atoms with van der Waals surface area (Å²) in [5.41, 5.74) is 1.08. The minimum Gasteiger partial charge on any atom is -0.360 e. The monoisotopic (exact) mass is 303 g/mol. The zero-order chi connectivity index (χ0) is 15.9. The summed E-state index contributed by atoms with van der Waals surface area (Å²) in [5, 5.41) is 3.30. The van der Waals surface area contributed by atoms with E-state index in [1.54, 1.807) is 25.2 Å². The van der Waals surface area contributed by atoms with Crippen LogP contribution in [-0.2, 0) is 0 Å². The number of pyridine rings is 1. The number of aromatic nitrogens is 3. The predicted molar refractivity (Wildman–Crippen MR) is 86.4 cm³/mol. The van der Waals surface area contributed by atoms with E-state index in [4.69, 9.17) is 0 Å². The Labute approximate surface area is 130 Å². The smallest absolute Gasteiger partial charge is 0.225 e. The maximum atomic E-state index is 13.7. The molecule has 2 aromatic rings. The Morgan fingerprint density at radius 2 is 2.14 bits per heavy atom. The first kappa shape index (κ1) is 16.1. The first-order chi connectivity index (χ1) is 10.6. The number of anilines is 2. The van der Waals surface area contributed by atoms with Gasteiger partial charge in [0.25, 0.3) is 0 Å². The molecule has 6 heteroatoms. The van der Waals surface area contributed by atoms with Gasteiger partial charge in [-0.2, -0.15) is 4.98 Å². The van der Waals surface area contributed by atoms with Crippen LogP contribution in [0.4, 0.5) is 16.2 Å². The van der Waals surface area contributed by atoms with Crippen molar-refractivity contribution in [3.05, 3.63) is 42.1 Å². The Hall–Kier alpha value is -2.24. The number of unbranched alkanes of at least 4 members (excludes halogenated alkanes) is 1. The van der Waals surface area contributed by atoms with Crippen molar-refractivity contribution in [1.29, 1.82) is 0 Å². The van der Waals surface area contributed by atoms with Crippen molar-refractivity contribution >= 4 is 11.8 Å². The van der Waals surface area contributed by atoms with E-state index in [1.807, 2.05) is 18.3 Å². The lowest BCUT2D eigenvalue weighted by Crippen LogP contribution is -2.17. The molecule has 5 nitrogen and oxygen atoms in total. The second kappa shape index (κ2) is 7.68. The maximum absolute atomic E-state index is 13.7. The maximum Gasteiger partial charge on any atom is 0.225 e. The first-order valence-corrected chi connectivity index (χ1v) is 7.48. The van der Waals surface area contributed by atoms with Gasteiger partial charge in [0.15, 0.2) is 11.6 Å².